The normalized spacial score (nSPS) is 10.5. The minimum absolute atomic E-state index is 0.00834. The maximum Gasteiger partial charge on any atom is 0.341 e. The zero-order valence-corrected chi connectivity index (χ0v) is 10.6. The molecule has 0 aliphatic rings. The molecular weight excluding hydrogens is 279 g/mol. The molecule has 1 aromatic rings. The van der Waals surface area contributed by atoms with Crippen molar-refractivity contribution < 1.29 is 23.8 Å². The number of Topliss-reactive ketones (excluding diaryl/α,β-unsaturated/α-hetero) is 1. The van der Waals surface area contributed by atoms with Gasteiger partial charge in [-0.1, -0.05) is 11.6 Å². The number of rotatable bonds is 6. The van der Waals surface area contributed by atoms with Gasteiger partial charge in [0.2, 0.25) is 0 Å². The molecule has 2 N–H and O–H groups in total. The van der Waals surface area contributed by atoms with Crippen molar-refractivity contribution in [3.05, 3.63) is 23.0 Å². The number of carbonyl (C=O) groups excluding carboxylic acids is 1. The molecule has 0 aliphatic carbocycles. The monoisotopic (exact) mass is 288 g/mol. The topological polar surface area (TPSA) is 88.0 Å². The molecule has 0 fully saturated rings. The van der Waals surface area contributed by atoms with E-state index in [0.29, 0.717) is 0 Å². The molecule has 0 saturated carbocycles. The maximum absolute atomic E-state index is 13.5. The lowest BCUT2D eigenvalue weighted by molar-refractivity contribution is -0.139. The van der Waals surface area contributed by atoms with Gasteiger partial charge in [-0.2, -0.15) is 5.10 Å². The fourth-order valence-corrected chi connectivity index (χ4v) is 1.26. The largest absolute Gasteiger partial charge is 0.480 e. The SMILES string of the molecule is CC(=O)/C=N/Nc1cc(OCC(=O)O)c(Cl)cc1F. The number of ether oxygens (including phenoxy) is 1. The molecule has 0 spiro atoms. The summed E-state index contributed by atoms with van der Waals surface area (Å²) in [7, 11) is 0. The van der Waals surface area contributed by atoms with Gasteiger partial charge in [-0.25, -0.2) is 9.18 Å². The second kappa shape index (κ2) is 6.69. The van der Waals surface area contributed by atoms with Crippen LogP contribution in [0.25, 0.3) is 0 Å². The van der Waals surface area contributed by atoms with Gasteiger partial charge in [0.1, 0.15) is 11.6 Å². The van der Waals surface area contributed by atoms with Crippen LogP contribution in [-0.4, -0.2) is 29.7 Å². The number of hydrogen-bond donors (Lipinski definition) is 2. The minimum Gasteiger partial charge on any atom is -0.480 e. The summed E-state index contributed by atoms with van der Waals surface area (Å²) in [6, 6.07) is 2.10. The number of carbonyl (C=O) groups is 2. The number of hydrogen-bond acceptors (Lipinski definition) is 5. The molecule has 1 aromatic carbocycles. The predicted octanol–water partition coefficient (Wildman–Crippen LogP) is 1.93. The summed E-state index contributed by atoms with van der Waals surface area (Å²) in [6.07, 6.45) is 0.964. The molecule has 0 saturated heterocycles. The molecule has 0 heterocycles. The number of ketones is 1. The Kier molecular flexibility index (Phi) is 5.25. The van der Waals surface area contributed by atoms with Crippen molar-refractivity contribution in [1.82, 2.24) is 0 Å². The molecule has 0 unspecified atom stereocenters. The van der Waals surface area contributed by atoms with Crippen LogP contribution < -0.4 is 10.2 Å². The zero-order chi connectivity index (χ0) is 14.4. The number of hydrazone groups is 1. The molecule has 102 valence electrons. The second-order valence-electron chi connectivity index (χ2n) is 3.43. The van der Waals surface area contributed by atoms with E-state index in [0.717, 1.165) is 18.3 Å². The average molecular weight is 289 g/mol. The van der Waals surface area contributed by atoms with Crippen LogP contribution in [0.1, 0.15) is 6.92 Å². The molecule has 0 amide bonds. The molecule has 0 aliphatic heterocycles. The first-order chi connectivity index (χ1) is 8.90. The lowest BCUT2D eigenvalue weighted by Crippen LogP contribution is -2.10. The van der Waals surface area contributed by atoms with Gasteiger partial charge in [0.15, 0.2) is 12.4 Å². The van der Waals surface area contributed by atoms with Crippen molar-refractivity contribution >= 4 is 35.3 Å². The van der Waals surface area contributed by atoms with Crippen LogP contribution in [0.15, 0.2) is 17.2 Å². The highest BCUT2D eigenvalue weighted by Crippen LogP contribution is 2.30. The van der Waals surface area contributed by atoms with Gasteiger partial charge < -0.3 is 9.84 Å². The number of nitrogens with zero attached hydrogens (tertiary/aromatic N) is 1. The van der Waals surface area contributed by atoms with E-state index in [1.54, 1.807) is 0 Å². The Bertz CT molecular complexity index is 534. The third-order valence-corrected chi connectivity index (χ3v) is 2.10. The fourth-order valence-electron chi connectivity index (χ4n) is 1.06. The summed E-state index contributed by atoms with van der Waals surface area (Å²) in [4.78, 5) is 21.0. The van der Waals surface area contributed by atoms with Gasteiger partial charge in [0, 0.05) is 13.0 Å². The van der Waals surface area contributed by atoms with Gasteiger partial charge >= 0.3 is 5.97 Å². The molecule has 8 heteroatoms. The molecule has 0 aromatic heterocycles. The van der Waals surface area contributed by atoms with Gasteiger partial charge in [0.05, 0.1) is 16.9 Å². The van der Waals surface area contributed by atoms with Crippen LogP contribution >= 0.6 is 11.6 Å². The van der Waals surface area contributed by atoms with E-state index in [9.17, 15) is 14.0 Å². The number of carboxylic acid groups (broad SMARTS) is 1. The Morgan fingerprint density at radius 3 is 2.84 bits per heavy atom. The van der Waals surface area contributed by atoms with Crippen LogP contribution in [0.3, 0.4) is 0 Å². The third kappa shape index (κ3) is 4.92. The van der Waals surface area contributed by atoms with Gasteiger partial charge in [-0.05, 0) is 6.07 Å². The molecule has 1 rings (SSSR count). The highest BCUT2D eigenvalue weighted by Gasteiger charge is 2.10. The Morgan fingerprint density at radius 1 is 1.58 bits per heavy atom. The summed E-state index contributed by atoms with van der Waals surface area (Å²) >= 11 is 5.69. The van der Waals surface area contributed by atoms with Crippen molar-refractivity contribution in [2.24, 2.45) is 5.10 Å². The first-order valence-corrected chi connectivity index (χ1v) is 5.41. The zero-order valence-electron chi connectivity index (χ0n) is 9.81. The van der Waals surface area contributed by atoms with Crippen LogP contribution in [-0.2, 0) is 9.59 Å². The van der Waals surface area contributed by atoms with E-state index in [1.165, 1.54) is 6.92 Å². The standard InChI is InChI=1S/C11H10ClFN2O4/c1-6(16)4-14-15-9-3-10(19-5-11(17)18)7(12)2-8(9)13/h2-4,15H,5H2,1H3,(H,17,18)/b14-4+. The number of aliphatic carboxylic acids is 1. The summed E-state index contributed by atoms with van der Waals surface area (Å²) < 4.78 is 18.3. The molecule has 0 atom stereocenters. The Labute approximate surface area is 112 Å². The van der Waals surface area contributed by atoms with Crippen molar-refractivity contribution in [1.29, 1.82) is 0 Å². The smallest absolute Gasteiger partial charge is 0.341 e. The quantitative estimate of drug-likeness (QED) is 0.617. The molecular formula is C11H10ClFN2O4. The maximum atomic E-state index is 13.5. The second-order valence-corrected chi connectivity index (χ2v) is 3.83. The van der Waals surface area contributed by atoms with E-state index in [4.69, 9.17) is 21.4 Å². The number of anilines is 1. The van der Waals surface area contributed by atoms with Gasteiger partial charge in [-0.3, -0.25) is 10.2 Å². The third-order valence-electron chi connectivity index (χ3n) is 1.80. The Morgan fingerprint density at radius 2 is 2.26 bits per heavy atom. The van der Waals surface area contributed by atoms with Crippen LogP contribution in [0, 0.1) is 5.82 Å². The average Bonchev–Trinajstić information content (AvgIpc) is 2.29. The first-order valence-electron chi connectivity index (χ1n) is 5.03. The summed E-state index contributed by atoms with van der Waals surface area (Å²) in [5.74, 6) is -2.23. The number of halogens is 2. The van der Waals surface area contributed by atoms with Gasteiger partial charge in [0.25, 0.3) is 0 Å². The Balaban J connectivity index is 2.89. The van der Waals surface area contributed by atoms with E-state index in [-0.39, 0.29) is 22.2 Å². The van der Waals surface area contributed by atoms with E-state index in [2.05, 4.69) is 10.5 Å². The summed E-state index contributed by atoms with van der Waals surface area (Å²) in [5.41, 5.74) is 2.19. The van der Waals surface area contributed by atoms with Crippen LogP contribution in [0.5, 0.6) is 5.75 Å². The number of nitrogens with one attached hydrogen (secondary N) is 1. The van der Waals surface area contributed by atoms with Crippen molar-refractivity contribution in [3.8, 4) is 5.75 Å². The van der Waals surface area contributed by atoms with Crippen molar-refractivity contribution in [2.75, 3.05) is 12.0 Å². The van der Waals surface area contributed by atoms with Crippen molar-refractivity contribution in [2.45, 2.75) is 6.92 Å². The highest BCUT2D eigenvalue weighted by atomic mass is 35.5. The lowest BCUT2D eigenvalue weighted by atomic mass is 10.3. The van der Waals surface area contributed by atoms with E-state index < -0.39 is 18.4 Å². The van der Waals surface area contributed by atoms with Crippen LogP contribution in [0.4, 0.5) is 10.1 Å². The molecule has 19 heavy (non-hydrogen) atoms. The van der Waals surface area contributed by atoms with Crippen LogP contribution in [0.2, 0.25) is 5.02 Å². The lowest BCUT2D eigenvalue weighted by Gasteiger charge is -2.09. The Hall–Kier alpha value is -2.15. The minimum atomic E-state index is -1.19. The van der Waals surface area contributed by atoms with Crippen molar-refractivity contribution in [3.63, 3.8) is 0 Å². The molecule has 0 bridgehead atoms. The summed E-state index contributed by atoms with van der Waals surface area (Å²) in [6.45, 7) is 0.673. The number of benzene rings is 1. The van der Waals surface area contributed by atoms with Gasteiger partial charge in [-0.15, -0.1) is 0 Å². The number of carboxylic acids is 1. The fraction of sp³-hybridized carbons (Fsp3) is 0.182. The molecule has 6 nitrogen and oxygen atoms in total. The van der Waals surface area contributed by atoms with E-state index >= 15 is 0 Å². The van der Waals surface area contributed by atoms with E-state index in [1.807, 2.05) is 0 Å². The predicted molar refractivity (Wildman–Crippen MR) is 67.3 cm³/mol. The first kappa shape index (κ1) is 14.9. The highest BCUT2D eigenvalue weighted by molar-refractivity contribution is 6.32. The summed E-state index contributed by atoms with van der Waals surface area (Å²) in [5, 5.41) is 11.9. The molecule has 0 radical (unpaired) electrons.